The molecule has 7 heteroatoms. The number of hydrogen-bond acceptors (Lipinski definition) is 2. The van der Waals surface area contributed by atoms with Crippen LogP contribution in [-0.2, 0) is 4.79 Å². The minimum atomic E-state index is -1.30. The maximum Gasteiger partial charge on any atom is 0.329 e. The van der Waals surface area contributed by atoms with Gasteiger partial charge in [0.1, 0.15) is 17.2 Å². The maximum atomic E-state index is 13.0. The van der Waals surface area contributed by atoms with Gasteiger partial charge in [-0.3, -0.25) is 0 Å². The van der Waals surface area contributed by atoms with Crippen molar-refractivity contribution in [2.45, 2.75) is 25.3 Å². The first-order chi connectivity index (χ1) is 9.33. The molecule has 0 aliphatic carbocycles. The molecule has 1 aromatic rings. The monoisotopic (exact) mass is 284 g/mol. The smallest absolute Gasteiger partial charge is 0.329 e. The summed E-state index contributed by atoms with van der Waals surface area (Å²) in [6.45, 7) is 1.74. The molecular formula is C13H14F2N2O3. The summed E-state index contributed by atoms with van der Waals surface area (Å²) in [6, 6.07) is 1.94. The van der Waals surface area contributed by atoms with Crippen molar-refractivity contribution < 1.29 is 23.5 Å². The van der Waals surface area contributed by atoms with Crippen LogP contribution in [0.5, 0.6) is 0 Å². The Balaban J connectivity index is 2.17. The number of carbonyl (C=O) groups is 2. The highest BCUT2D eigenvalue weighted by atomic mass is 19.1. The fraction of sp³-hybridized carbons (Fsp3) is 0.385. The first-order valence-corrected chi connectivity index (χ1v) is 6.11. The summed E-state index contributed by atoms with van der Waals surface area (Å²) in [5, 5.41) is 11.5. The summed E-state index contributed by atoms with van der Waals surface area (Å²) in [5.41, 5.74) is -1.34. The number of urea groups is 1. The fourth-order valence-electron chi connectivity index (χ4n) is 2.33. The molecule has 2 N–H and O–H groups in total. The number of hydrogen-bond donors (Lipinski definition) is 2. The number of aliphatic carboxylic acids is 1. The maximum absolute atomic E-state index is 13.0. The van der Waals surface area contributed by atoms with Crippen molar-refractivity contribution in [2.24, 2.45) is 0 Å². The quantitative estimate of drug-likeness (QED) is 0.876. The normalized spacial score (nSPS) is 21.9. The highest BCUT2D eigenvalue weighted by Crippen LogP contribution is 2.30. The molecule has 1 aliphatic heterocycles. The van der Waals surface area contributed by atoms with Gasteiger partial charge in [-0.15, -0.1) is 0 Å². The molecular weight excluding hydrogens is 270 g/mol. The van der Waals surface area contributed by atoms with E-state index in [1.165, 1.54) is 6.92 Å². The van der Waals surface area contributed by atoms with Crippen LogP contribution in [0.1, 0.15) is 19.8 Å². The predicted octanol–water partition coefficient (Wildman–Crippen LogP) is 2.44. The van der Waals surface area contributed by atoms with E-state index >= 15 is 0 Å². The van der Waals surface area contributed by atoms with Crippen molar-refractivity contribution in [3.63, 3.8) is 0 Å². The summed E-state index contributed by atoms with van der Waals surface area (Å²) in [4.78, 5) is 24.5. The second-order valence-electron chi connectivity index (χ2n) is 4.92. The van der Waals surface area contributed by atoms with E-state index in [0.717, 1.165) is 17.0 Å². The molecule has 1 unspecified atom stereocenters. The molecule has 0 bridgehead atoms. The number of likely N-dealkylation sites (tertiary alicyclic amines) is 1. The molecule has 1 atom stereocenters. The van der Waals surface area contributed by atoms with E-state index in [0.29, 0.717) is 18.9 Å². The van der Waals surface area contributed by atoms with E-state index in [9.17, 15) is 23.5 Å². The van der Waals surface area contributed by atoms with Crippen LogP contribution in [0.3, 0.4) is 0 Å². The van der Waals surface area contributed by atoms with Gasteiger partial charge in [0.25, 0.3) is 0 Å². The summed E-state index contributed by atoms with van der Waals surface area (Å²) in [7, 11) is 0. The lowest BCUT2D eigenvalue weighted by atomic mass is 10.00. The van der Waals surface area contributed by atoms with Crippen LogP contribution < -0.4 is 5.32 Å². The molecule has 1 heterocycles. The van der Waals surface area contributed by atoms with E-state index in [-0.39, 0.29) is 12.2 Å². The van der Waals surface area contributed by atoms with Crippen LogP contribution in [0.25, 0.3) is 0 Å². The first-order valence-electron chi connectivity index (χ1n) is 6.11. The second kappa shape index (κ2) is 5.07. The Morgan fingerprint density at radius 3 is 2.45 bits per heavy atom. The lowest BCUT2D eigenvalue weighted by molar-refractivity contribution is -0.146. The van der Waals surface area contributed by atoms with Crippen LogP contribution >= 0.6 is 0 Å². The van der Waals surface area contributed by atoms with Crippen molar-refractivity contribution in [2.75, 3.05) is 11.9 Å². The summed E-state index contributed by atoms with van der Waals surface area (Å²) in [5.74, 6) is -2.74. The minimum absolute atomic E-state index is 0.0489. The Kier molecular flexibility index (Phi) is 3.61. The number of carboxylic acid groups (broad SMARTS) is 1. The average molecular weight is 284 g/mol. The number of anilines is 1. The molecule has 0 radical (unpaired) electrons. The van der Waals surface area contributed by atoms with Gasteiger partial charge < -0.3 is 15.3 Å². The third-order valence-corrected chi connectivity index (χ3v) is 3.46. The van der Waals surface area contributed by atoms with E-state index in [2.05, 4.69) is 5.32 Å². The van der Waals surface area contributed by atoms with Crippen molar-refractivity contribution in [3.8, 4) is 0 Å². The van der Waals surface area contributed by atoms with Crippen LogP contribution in [-0.4, -0.2) is 34.1 Å². The Hall–Kier alpha value is -2.18. The molecule has 0 aromatic heterocycles. The Bertz CT molecular complexity index is 544. The van der Waals surface area contributed by atoms with Crippen molar-refractivity contribution in [1.82, 2.24) is 4.90 Å². The third-order valence-electron chi connectivity index (χ3n) is 3.46. The second-order valence-corrected chi connectivity index (χ2v) is 4.92. The van der Waals surface area contributed by atoms with Crippen LogP contribution in [0.2, 0.25) is 0 Å². The van der Waals surface area contributed by atoms with Gasteiger partial charge >= 0.3 is 12.0 Å². The number of nitrogens with zero attached hydrogens (tertiary/aromatic N) is 1. The van der Waals surface area contributed by atoms with Gasteiger partial charge in [-0.05, 0) is 31.9 Å². The van der Waals surface area contributed by atoms with E-state index < -0.39 is 29.2 Å². The van der Waals surface area contributed by atoms with E-state index in [1.807, 2.05) is 0 Å². The standard InChI is InChI=1S/C13H14F2N2O3/c1-13(11(18)19)3-2-4-17(13)12(20)16-10-6-8(14)5-9(15)7-10/h5-7H,2-4H2,1H3,(H,16,20)(H,18,19). The molecule has 2 rings (SSSR count). The Labute approximate surface area is 114 Å². The molecule has 108 valence electrons. The van der Waals surface area contributed by atoms with Crippen LogP contribution in [0.15, 0.2) is 18.2 Å². The number of carboxylic acids is 1. The molecule has 1 aromatic carbocycles. The SMILES string of the molecule is CC1(C(=O)O)CCCN1C(=O)Nc1cc(F)cc(F)c1. The van der Waals surface area contributed by atoms with Gasteiger partial charge in [0, 0.05) is 18.3 Å². The van der Waals surface area contributed by atoms with Gasteiger partial charge in [0.15, 0.2) is 0 Å². The molecule has 2 amide bonds. The Morgan fingerprint density at radius 1 is 1.30 bits per heavy atom. The van der Waals surface area contributed by atoms with Crippen LogP contribution in [0, 0.1) is 11.6 Å². The third kappa shape index (κ3) is 2.56. The zero-order valence-electron chi connectivity index (χ0n) is 10.8. The highest BCUT2D eigenvalue weighted by molar-refractivity contribution is 5.94. The molecule has 1 saturated heterocycles. The van der Waals surface area contributed by atoms with Gasteiger partial charge in [-0.1, -0.05) is 0 Å². The van der Waals surface area contributed by atoms with Gasteiger partial charge in [0.2, 0.25) is 0 Å². The zero-order chi connectivity index (χ0) is 14.9. The highest BCUT2D eigenvalue weighted by Gasteiger charge is 2.46. The first kappa shape index (κ1) is 14.2. The lowest BCUT2D eigenvalue weighted by Gasteiger charge is -2.31. The molecule has 1 fully saturated rings. The van der Waals surface area contributed by atoms with Crippen molar-refractivity contribution >= 4 is 17.7 Å². The number of halogens is 2. The minimum Gasteiger partial charge on any atom is -0.480 e. The fourth-order valence-corrected chi connectivity index (χ4v) is 2.33. The van der Waals surface area contributed by atoms with Gasteiger partial charge in [0.05, 0.1) is 0 Å². The number of carbonyl (C=O) groups excluding carboxylic acids is 1. The van der Waals surface area contributed by atoms with Crippen molar-refractivity contribution in [3.05, 3.63) is 29.8 Å². The molecule has 0 spiro atoms. The number of benzene rings is 1. The number of rotatable bonds is 2. The molecule has 20 heavy (non-hydrogen) atoms. The topological polar surface area (TPSA) is 69.6 Å². The molecule has 0 saturated carbocycles. The molecule has 1 aliphatic rings. The van der Waals surface area contributed by atoms with Gasteiger partial charge in [-0.25, -0.2) is 18.4 Å². The van der Waals surface area contributed by atoms with E-state index in [1.54, 1.807) is 0 Å². The summed E-state index contributed by atoms with van der Waals surface area (Å²) >= 11 is 0. The number of amides is 2. The lowest BCUT2D eigenvalue weighted by Crippen LogP contribution is -2.52. The summed E-state index contributed by atoms with van der Waals surface area (Å²) in [6.07, 6.45) is 0.904. The largest absolute Gasteiger partial charge is 0.480 e. The Morgan fingerprint density at radius 2 is 1.90 bits per heavy atom. The predicted molar refractivity (Wildman–Crippen MR) is 67.4 cm³/mol. The van der Waals surface area contributed by atoms with Crippen LogP contribution in [0.4, 0.5) is 19.3 Å². The van der Waals surface area contributed by atoms with Gasteiger partial charge in [-0.2, -0.15) is 0 Å². The zero-order valence-corrected chi connectivity index (χ0v) is 10.8. The summed E-state index contributed by atoms with van der Waals surface area (Å²) < 4.78 is 26.1. The molecule has 5 nitrogen and oxygen atoms in total. The average Bonchev–Trinajstić information content (AvgIpc) is 2.71. The van der Waals surface area contributed by atoms with E-state index in [4.69, 9.17) is 0 Å². The number of nitrogens with one attached hydrogen (secondary N) is 1. The van der Waals surface area contributed by atoms with Crippen molar-refractivity contribution in [1.29, 1.82) is 0 Å².